The van der Waals surface area contributed by atoms with Gasteiger partial charge in [-0.1, -0.05) is 45.9 Å². The highest BCUT2D eigenvalue weighted by Crippen LogP contribution is 2.33. The predicted molar refractivity (Wildman–Crippen MR) is 168 cm³/mol. The van der Waals surface area contributed by atoms with Crippen LogP contribution >= 0.6 is 21.6 Å². The first-order valence-corrected chi connectivity index (χ1v) is 16.3. The summed E-state index contributed by atoms with van der Waals surface area (Å²) in [5.74, 6) is 3.61. The van der Waals surface area contributed by atoms with Crippen LogP contribution in [0.15, 0.2) is 37.0 Å². The molecule has 8 N–H and O–H groups in total. The van der Waals surface area contributed by atoms with Crippen molar-refractivity contribution in [1.29, 1.82) is 0 Å². The Morgan fingerprint density at radius 3 is 1.57 bits per heavy atom. The molecule has 0 unspecified atom stereocenters. The molecule has 42 heavy (non-hydrogen) atoms. The maximum absolute atomic E-state index is 9.46. The Morgan fingerprint density at radius 1 is 0.714 bits per heavy atom. The molecule has 0 radical (unpaired) electrons. The molecule has 0 fully saturated rings. The number of nitrogens with one attached hydrogen (secondary N) is 2. The summed E-state index contributed by atoms with van der Waals surface area (Å²) in [5, 5.41) is 25.6. The Kier molecular flexibility index (Phi) is 8.64. The van der Waals surface area contributed by atoms with E-state index in [9.17, 15) is 10.2 Å². The van der Waals surface area contributed by atoms with Crippen LogP contribution in [0.2, 0.25) is 0 Å². The molecule has 0 aromatic carbocycles. The van der Waals surface area contributed by atoms with E-state index in [0.717, 1.165) is 24.3 Å². The number of aliphatic hydroxyl groups excluding tert-OH is 2. The molecule has 4 atom stereocenters. The first-order chi connectivity index (χ1) is 20.5. The van der Waals surface area contributed by atoms with E-state index in [2.05, 4.69) is 52.7 Å². The van der Waals surface area contributed by atoms with Gasteiger partial charge in [-0.3, -0.25) is 0 Å². The highest BCUT2D eigenvalue weighted by molar-refractivity contribution is 8.76. The first kappa shape index (κ1) is 28.5. The van der Waals surface area contributed by atoms with Crippen LogP contribution in [0, 0.1) is 11.8 Å². The Balaban J connectivity index is 0.973. The van der Waals surface area contributed by atoms with Crippen molar-refractivity contribution in [3.63, 3.8) is 0 Å². The number of imidazole rings is 2. The molecule has 222 valence electrons. The summed E-state index contributed by atoms with van der Waals surface area (Å²) >= 11 is 0. The molecule has 6 rings (SSSR count). The number of rotatable bonds is 13. The van der Waals surface area contributed by atoms with E-state index in [1.165, 1.54) is 0 Å². The Hall–Kier alpha value is -3.60. The van der Waals surface area contributed by atoms with E-state index >= 15 is 0 Å². The van der Waals surface area contributed by atoms with E-state index in [1.54, 1.807) is 34.2 Å². The number of aromatic nitrogens is 8. The Labute approximate surface area is 249 Å². The molecule has 0 aliphatic heterocycles. The van der Waals surface area contributed by atoms with Crippen molar-refractivity contribution in [1.82, 2.24) is 39.0 Å². The van der Waals surface area contributed by atoms with E-state index in [4.69, 9.17) is 11.5 Å². The molecule has 4 aromatic heterocycles. The van der Waals surface area contributed by atoms with Gasteiger partial charge in [-0.2, -0.15) is 19.9 Å². The van der Waals surface area contributed by atoms with Gasteiger partial charge in [0, 0.05) is 49.6 Å². The topological polar surface area (TPSA) is 204 Å². The largest absolute Gasteiger partial charge is 0.396 e. The van der Waals surface area contributed by atoms with Crippen molar-refractivity contribution in [3.05, 3.63) is 37.0 Å². The minimum atomic E-state index is 0.0875. The number of nitrogens with two attached hydrogens (primary N) is 2. The van der Waals surface area contributed by atoms with Crippen LogP contribution in [0.5, 0.6) is 0 Å². The van der Waals surface area contributed by atoms with Crippen molar-refractivity contribution in [2.24, 2.45) is 11.8 Å². The van der Waals surface area contributed by atoms with E-state index in [1.807, 2.05) is 21.3 Å². The Morgan fingerprint density at radius 2 is 1.17 bits per heavy atom. The number of nitrogens with zero attached hydrogens (tertiary/aromatic N) is 8. The number of nitrogen functional groups attached to an aromatic ring is 2. The Bertz CT molecular complexity index is 1490. The molecule has 0 spiro atoms. The summed E-state index contributed by atoms with van der Waals surface area (Å²) in [6.07, 6.45) is 13.4. The van der Waals surface area contributed by atoms with E-state index in [-0.39, 0.29) is 49.0 Å². The van der Waals surface area contributed by atoms with Crippen LogP contribution in [-0.2, 0) is 0 Å². The average Bonchev–Trinajstić information content (AvgIpc) is 3.79. The molecule has 16 heteroatoms. The molecule has 0 saturated carbocycles. The van der Waals surface area contributed by atoms with Crippen molar-refractivity contribution in [3.8, 4) is 0 Å². The van der Waals surface area contributed by atoms with Crippen molar-refractivity contribution in [2.45, 2.75) is 24.9 Å². The van der Waals surface area contributed by atoms with Gasteiger partial charge in [0.1, 0.15) is 0 Å². The lowest BCUT2D eigenvalue weighted by atomic mass is 10.1. The molecular weight excluding hydrogens is 577 g/mol. The summed E-state index contributed by atoms with van der Waals surface area (Å²) in [6.45, 7) is 1.63. The average molecular weight is 611 g/mol. The lowest BCUT2D eigenvalue weighted by molar-refractivity contribution is 0.244. The smallest absolute Gasteiger partial charge is 0.224 e. The van der Waals surface area contributed by atoms with Gasteiger partial charge in [-0.15, -0.1) is 0 Å². The highest BCUT2D eigenvalue weighted by atomic mass is 33.1. The van der Waals surface area contributed by atoms with Gasteiger partial charge < -0.3 is 41.4 Å². The van der Waals surface area contributed by atoms with Crippen LogP contribution in [0.1, 0.15) is 24.9 Å². The zero-order valence-corrected chi connectivity index (χ0v) is 24.5. The van der Waals surface area contributed by atoms with Gasteiger partial charge in [0.05, 0.1) is 24.7 Å². The van der Waals surface area contributed by atoms with Gasteiger partial charge >= 0.3 is 0 Å². The SMILES string of the molecule is Nc1nc(NCCSSCCNc2nc(N)nc3c2ncn3[C@H]2C=C[C@@H](CO)C2)c2ncn([C@@H]3C=C[C@H](CO)C3)c2n1. The van der Waals surface area contributed by atoms with Crippen LogP contribution < -0.4 is 22.1 Å². The number of fused-ring (bicyclic) bond motifs is 2. The van der Waals surface area contributed by atoms with Gasteiger partial charge in [0.25, 0.3) is 0 Å². The van der Waals surface area contributed by atoms with Crippen LogP contribution in [0.4, 0.5) is 23.5 Å². The number of hydrogen-bond acceptors (Lipinski definition) is 14. The summed E-state index contributed by atoms with van der Waals surface area (Å²) < 4.78 is 3.98. The standard InChI is InChI=1S/C26H34N12O2S2/c27-25-33-21(19-23(35-25)37(13-31-19)17-3-1-15(9-17)11-39)29-5-7-41-42-8-6-30-22-20-24(36-26(28)34-22)38(14-32-20)18-4-2-16(10-18)12-40/h1-4,13-18,39-40H,5-12H2,(H3,27,29,33,35)(H3,28,30,34,36)/t15-,16+,17+,18-. The third-order valence-electron chi connectivity index (χ3n) is 7.40. The second-order valence-electron chi connectivity index (χ2n) is 10.3. The highest BCUT2D eigenvalue weighted by Gasteiger charge is 2.24. The molecule has 0 amide bonds. The normalized spacial score (nSPS) is 21.7. The van der Waals surface area contributed by atoms with Gasteiger partial charge in [0.15, 0.2) is 34.0 Å². The first-order valence-electron chi connectivity index (χ1n) is 13.8. The fourth-order valence-electron chi connectivity index (χ4n) is 5.33. The van der Waals surface area contributed by atoms with Gasteiger partial charge in [0.2, 0.25) is 11.9 Å². The minimum Gasteiger partial charge on any atom is -0.396 e. The maximum atomic E-state index is 9.46. The lowest BCUT2D eigenvalue weighted by Gasteiger charge is -2.13. The molecule has 0 bridgehead atoms. The van der Waals surface area contributed by atoms with Crippen molar-refractivity contribution in [2.75, 3.05) is 59.9 Å². The van der Waals surface area contributed by atoms with E-state index in [0.29, 0.717) is 47.1 Å². The zero-order valence-electron chi connectivity index (χ0n) is 22.9. The molecule has 0 saturated heterocycles. The lowest BCUT2D eigenvalue weighted by Crippen LogP contribution is -2.11. The molecule has 4 heterocycles. The number of anilines is 4. The van der Waals surface area contributed by atoms with Crippen LogP contribution in [0.25, 0.3) is 22.3 Å². The van der Waals surface area contributed by atoms with Crippen LogP contribution in [-0.4, -0.2) is 87.1 Å². The summed E-state index contributed by atoms with van der Waals surface area (Å²) in [6, 6.07) is 0.175. The van der Waals surface area contributed by atoms with E-state index < -0.39 is 0 Å². The molecule has 2 aliphatic carbocycles. The zero-order chi connectivity index (χ0) is 29.1. The fourth-order valence-corrected chi connectivity index (χ4v) is 7.14. The molecule has 4 aromatic rings. The summed E-state index contributed by atoms with van der Waals surface area (Å²) in [7, 11) is 3.50. The molecule has 2 aliphatic rings. The summed E-state index contributed by atoms with van der Waals surface area (Å²) in [5.41, 5.74) is 14.8. The predicted octanol–water partition coefficient (Wildman–Crippen LogP) is 2.25. The van der Waals surface area contributed by atoms with Gasteiger partial charge in [-0.05, 0) is 12.8 Å². The third kappa shape index (κ3) is 5.97. The monoisotopic (exact) mass is 610 g/mol. The molecular formula is C26H34N12O2S2. The maximum Gasteiger partial charge on any atom is 0.224 e. The minimum absolute atomic E-state index is 0.0875. The van der Waals surface area contributed by atoms with Crippen molar-refractivity contribution < 1.29 is 10.2 Å². The molecule has 14 nitrogen and oxygen atoms in total. The fraction of sp³-hybridized carbons (Fsp3) is 0.462. The third-order valence-corrected chi connectivity index (χ3v) is 9.81. The number of aliphatic hydroxyl groups is 2. The summed E-state index contributed by atoms with van der Waals surface area (Å²) in [4.78, 5) is 26.7. The second-order valence-corrected chi connectivity index (χ2v) is 13.0. The van der Waals surface area contributed by atoms with Crippen LogP contribution in [0.3, 0.4) is 0 Å². The quantitative estimate of drug-likeness (QED) is 0.0730. The number of allylic oxidation sites excluding steroid dienone is 2. The number of hydrogen-bond donors (Lipinski definition) is 6. The van der Waals surface area contributed by atoms with Gasteiger partial charge in [-0.25, -0.2) is 9.97 Å². The second kappa shape index (κ2) is 12.7. The van der Waals surface area contributed by atoms with Crippen molar-refractivity contribution >= 4 is 67.4 Å².